The van der Waals surface area contributed by atoms with E-state index in [0.717, 1.165) is 29.0 Å². The second kappa shape index (κ2) is 8.75. The van der Waals surface area contributed by atoms with Gasteiger partial charge in [0, 0.05) is 13.1 Å². The Labute approximate surface area is 192 Å². The molecule has 1 fully saturated rings. The van der Waals surface area contributed by atoms with Gasteiger partial charge in [0.2, 0.25) is 0 Å². The van der Waals surface area contributed by atoms with Gasteiger partial charge in [-0.05, 0) is 54.0 Å². The predicted octanol–water partition coefficient (Wildman–Crippen LogP) is 5.95. The van der Waals surface area contributed by atoms with E-state index in [1.165, 1.54) is 40.5 Å². The number of nitrogens with two attached hydrogens (primary N) is 1. The van der Waals surface area contributed by atoms with Gasteiger partial charge in [-0.3, -0.25) is 4.79 Å². The fraction of sp³-hybridized carbons (Fsp3) is 0.259. The molecule has 162 valence electrons. The number of thiazole rings is 1. The van der Waals surface area contributed by atoms with Gasteiger partial charge in [0.15, 0.2) is 5.13 Å². The highest BCUT2D eigenvalue weighted by atomic mass is 32.1. The van der Waals surface area contributed by atoms with Gasteiger partial charge in [-0.25, -0.2) is 4.98 Å². The highest BCUT2D eigenvalue weighted by Crippen LogP contribution is 2.35. The van der Waals surface area contributed by atoms with Crippen molar-refractivity contribution in [2.75, 3.05) is 18.8 Å². The van der Waals surface area contributed by atoms with Gasteiger partial charge < -0.3 is 10.6 Å². The number of aromatic nitrogens is 1. The van der Waals surface area contributed by atoms with Crippen LogP contribution in [-0.4, -0.2) is 28.9 Å². The van der Waals surface area contributed by atoms with Crippen LogP contribution in [0, 0.1) is 12.8 Å². The highest BCUT2D eigenvalue weighted by molar-refractivity contribution is 7.19. The number of hydrogen-bond acceptors (Lipinski definition) is 4. The molecular formula is C27H27N3OS. The SMILES string of the molecule is Cc1cccc(-c2sc(N)nc2C(=O)N(CCc2ccc3ccccc3c2)CC2CC2)c1. The normalized spacial score (nSPS) is 13.4. The summed E-state index contributed by atoms with van der Waals surface area (Å²) in [5.41, 5.74) is 9.94. The Morgan fingerprint density at radius 3 is 2.66 bits per heavy atom. The molecule has 5 rings (SSSR count). The molecule has 0 bridgehead atoms. The van der Waals surface area contributed by atoms with Crippen molar-refractivity contribution in [3.05, 3.63) is 83.6 Å². The molecule has 1 aliphatic rings. The fourth-order valence-corrected chi connectivity index (χ4v) is 4.98. The van der Waals surface area contributed by atoms with Crippen molar-refractivity contribution >= 4 is 33.1 Å². The molecule has 1 saturated carbocycles. The summed E-state index contributed by atoms with van der Waals surface area (Å²) in [6.45, 7) is 3.52. The summed E-state index contributed by atoms with van der Waals surface area (Å²) < 4.78 is 0. The molecule has 0 unspecified atom stereocenters. The first-order valence-corrected chi connectivity index (χ1v) is 12.0. The summed E-state index contributed by atoms with van der Waals surface area (Å²) in [4.78, 5) is 21.0. The maximum atomic E-state index is 13.6. The lowest BCUT2D eigenvalue weighted by Gasteiger charge is -2.22. The zero-order valence-corrected chi connectivity index (χ0v) is 19.1. The van der Waals surface area contributed by atoms with Gasteiger partial charge >= 0.3 is 0 Å². The number of nitrogens with zero attached hydrogens (tertiary/aromatic N) is 2. The minimum atomic E-state index is -0.0119. The lowest BCUT2D eigenvalue weighted by Crippen LogP contribution is -2.35. The van der Waals surface area contributed by atoms with Crippen molar-refractivity contribution in [3.63, 3.8) is 0 Å². The van der Waals surface area contributed by atoms with Crippen LogP contribution in [0.5, 0.6) is 0 Å². The molecule has 1 heterocycles. The first-order chi connectivity index (χ1) is 15.6. The molecule has 32 heavy (non-hydrogen) atoms. The summed E-state index contributed by atoms with van der Waals surface area (Å²) in [7, 11) is 0. The number of fused-ring (bicyclic) bond motifs is 1. The Bertz CT molecular complexity index is 1270. The number of rotatable bonds is 7. The smallest absolute Gasteiger partial charge is 0.274 e. The maximum absolute atomic E-state index is 13.6. The topological polar surface area (TPSA) is 59.2 Å². The van der Waals surface area contributed by atoms with Crippen LogP contribution in [0.25, 0.3) is 21.2 Å². The zero-order chi connectivity index (χ0) is 22.1. The standard InChI is InChI=1S/C27H27N3OS/c1-18-5-4-8-23(15-18)25-24(29-27(28)32-25)26(31)30(17-20-9-10-20)14-13-19-11-12-21-6-2-3-7-22(21)16-19/h2-8,11-12,15-16,20H,9-10,13-14,17H2,1H3,(H2,28,29). The van der Waals surface area contributed by atoms with Gasteiger partial charge in [-0.1, -0.05) is 83.6 Å². The largest absolute Gasteiger partial charge is 0.375 e. The van der Waals surface area contributed by atoms with Crippen molar-refractivity contribution in [2.45, 2.75) is 26.2 Å². The van der Waals surface area contributed by atoms with E-state index in [0.29, 0.717) is 23.3 Å². The molecule has 0 aliphatic heterocycles. The Hall–Kier alpha value is -3.18. The quantitative estimate of drug-likeness (QED) is 0.386. The van der Waals surface area contributed by atoms with Crippen molar-refractivity contribution < 1.29 is 4.79 Å². The molecule has 0 atom stereocenters. The van der Waals surface area contributed by atoms with Gasteiger partial charge in [0.1, 0.15) is 5.69 Å². The van der Waals surface area contributed by atoms with Gasteiger partial charge in [-0.15, -0.1) is 0 Å². The molecule has 0 radical (unpaired) electrons. The molecule has 5 heteroatoms. The van der Waals surface area contributed by atoms with Crippen LogP contribution in [0.15, 0.2) is 66.7 Å². The van der Waals surface area contributed by atoms with E-state index in [2.05, 4.69) is 66.5 Å². The van der Waals surface area contributed by atoms with Gasteiger partial charge in [0.05, 0.1) is 4.88 Å². The van der Waals surface area contributed by atoms with Crippen molar-refractivity contribution in [1.82, 2.24) is 9.88 Å². The minimum Gasteiger partial charge on any atom is -0.375 e. The third-order valence-corrected chi connectivity index (χ3v) is 7.01. The molecule has 1 aromatic heterocycles. The molecular weight excluding hydrogens is 414 g/mol. The van der Waals surface area contributed by atoms with Crippen LogP contribution < -0.4 is 5.73 Å². The molecule has 3 aromatic carbocycles. The van der Waals surface area contributed by atoms with Crippen LogP contribution in [-0.2, 0) is 6.42 Å². The van der Waals surface area contributed by atoms with E-state index in [9.17, 15) is 4.79 Å². The molecule has 1 amide bonds. The molecule has 0 saturated heterocycles. The number of nitrogen functional groups attached to an aromatic ring is 1. The average molecular weight is 442 g/mol. The summed E-state index contributed by atoms with van der Waals surface area (Å²) in [6, 6.07) is 23.1. The van der Waals surface area contributed by atoms with Crippen LogP contribution in [0.2, 0.25) is 0 Å². The third kappa shape index (κ3) is 4.53. The average Bonchev–Trinajstić information content (AvgIpc) is 3.54. The second-order valence-electron chi connectivity index (χ2n) is 8.73. The minimum absolute atomic E-state index is 0.0119. The Morgan fingerprint density at radius 2 is 1.88 bits per heavy atom. The lowest BCUT2D eigenvalue weighted by molar-refractivity contribution is 0.0745. The molecule has 0 spiro atoms. The van der Waals surface area contributed by atoms with Crippen LogP contribution >= 0.6 is 11.3 Å². The number of carbonyl (C=O) groups is 1. The molecule has 4 aromatic rings. The first-order valence-electron chi connectivity index (χ1n) is 11.2. The van der Waals surface area contributed by atoms with Crippen molar-refractivity contribution in [1.29, 1.82) is 0 Å². The highest BCUT2D eigenvalue weighted by Gasteiger charge is 2.30. The van der Waals surface area contributed by atoms with Gasteiger partial charge in [-0.2, -0.15) is 0 Å². The summed E-state index contributed by atoms with van der Waals surface area (Å²) in [5.74, 6) is 0.594. The number of anilines is 1. The summed E-state index contributed by atoms with van der Waals surface area (Å²) in [6.07, 6.45) is 3.22. The lowest BCUT2D eigenvalue weighted by atomic mass is 10.0. The number of amides is 1. The van der Waals surface area contributed by atoms with Crippen LogP contribution in [0.4, 0.5) is 5.13 Å². The molecule has 1 aliphatic carbocycles. The van der Waals surface area contributed by atoms with Crippen LogP contribution in [0.3, 0.4) is 0 Å². The van der Waals surface area contributed by atoms with E-state index >= 15 is 0 Å². The fourth-order valence-electron chi connectivity index (χ4n) is 4.16. The molecule has 2 N–H and O–H groups in total. The Balaban J connectivity index is 1.40. The number of benzene rings is 3. The Morgan fingerprint density at radius 1 is 1.06 bits per heavy atom. The van der Waals surface area contributed by atoms with E-state index in [1.54, 1.807) is 0 Å². The van der Waals surface area contributed by atoms with Crippen molar-refractivity contribution in [3.8, 4) is 10.4 Å². The van der Waals surface area contributed by atoms with E-state index in [1.807, 2.05) is 17.0 Å². The van der Waals surface area contributed by atoms with Crippen LogP contribution in [0.1, 0.15) is 34.5 Å². The van der Waals surface area contributed by atoms with E-state index in [-0.39, 0.29) is 5.91 Å². The molecule has 4 nitrogen and oxygen atoms in total. The summed E-state index contributed by atoms with van der Waals surface area (Å²) in [5, 5.41) is 2.91. The number of carbonyl (C=O) groups excluding carboxylic acids is 1. The monoisotopic (exact) mass is 441 g/mol. The number of hydrogen-bond donors (Lipinski definition) is 1. The van der Waals surface area contributed by atoms with E-state index < -0.39 is 0 Å². The summed E-state index contributed by atoms with van der Waals surface area (Å²) >= 11 is 1.39. The maximum Gasteiger partial charge on any atom is 0.274 e. The first kappa shape index (κ1) is 20.7. The van der Waals surface area contributed by atoms with Crippen molar-refractivity contribution in [2.24, 2.45) is 5.92 Å². The zero-order valence-electron chi connectivity index (χ0n) is 18.3. The Kier molecular flexibility index (Phi) is 5.66. The van der Waals surface area contributed by atoms with E-state index in [4.69, 9.17) is 5.73 Å². The third-order valence-electron chi connectivity index (χ3n) is 6.07. The van der Waals surface area contributed by atoms with Gasteiger partial charge in [0.25, 0.3) is 5.91 Å². The second-order valence-corrected chi connectivity index (χ2v) is 9.76. The number of aryl methyl sites for hydroxylation is 1. The predicted molar refractivity (Wildman–Crippen MR) is 133 cm³/mol.